The Morgan fingerprint density at radius 3 is 2.69 bits per heavy atom. The molecule has 0 spiro atoms. The monoisotopic (exact) mass is 335 g/mol. The molecule has 1 aromatic rings. The van der Waals surface area contributed by atoms with E-state index in [1.807, 2.05) is 18.2 Å². The van der Waals surface area contributed by atoms with Gasteiger partial charge in [0.05, 0.1) is 10.7 Å². The second-order valence-corrected chi connectivity index (χ2v) is 5.03. The summed E-state index contributed by atoms with van der Waals surface area (Å²) in [6, 6.07) is 5.53. The number of carbonyl (C=O) groups is 1. The van der Waals surface area contributed by atoms with E-state index in [-0.39, 0.29) is 0 Å². The molecule has 0 fully saturated rings. The van der Waals surface area contributed by atoms with Gasteiger partial charge in [0.25, 0.3) is 0 Å². The second-order valence-electron chi connectivity index (χ2n) is 3.87. The highest BCUT2D eigenvalue weighted by Crippen LogP contribution is 2.23. The molecule has 0 amide bonds. The average molecular weight is 335 g/mol. The first kappa shape index (κ1) is 13.2. The lowest BCUT2D eigenvalue weighted by Crippen LogP contribution is -2.46. The molecule has 1 atom stereocenters. The van der Waals surface area contributed by atoms with Crippen LogP contribution in [0.2, 0.25) is 0 Å². The number of ether oxygens (including phenoxy) is 1. The Kier molecular flexibility index (Phi) is 4.15. The number of rotatable bonds is 4. The summed E-state index contributed by atoms with van der Waals surface area (Å²) in [4.78, 5) is 10.9. The van der Waals surface area contributed by atoms with Crippen molar-refractivity contribution in [3.63, 3.8) is 0 Å². The summed E-state index contributed by atoms with van der Waals surface area (Å²) in [5.74, 6) is -0.225. The third kappa shape index (κ3) is 3.08. The van der Waals surface area contributed by atoms with Gasteiger partial charge in [-0.2, -0.15) is 0 Å². The quantitative estimate of drug-likeness (QED) is 0.821. The van der Waals surface area contributed by atoms with Crippen molar-refractivity contribution in [2.24, 2.45) is 5.73 Å². The van der Waals surface area contributed by atoms with E-state index in [0.717, 1.165) is 14.9 Å². The predicted octanol–water partition coefficient (Wildman–Crippen LogP) is 1.64. The van der Waals surface area contributed by atoms with Gasteiger partial charge in [-0.15, -0.1) is 0 Å². The molecule has 0 saturated heterocycles. The lowest BCUT2D eigenvalue weighted by molar-refractivity contribution is -0.142. The van der Waals surface area contributed by atoms with E-state index in [9.17, 15) is 4.79 Å². The highest BCUT2D eigenvalue weighted by atomic mass is 127. The van der Waals surface area contributed by atoms with Gasteiger partial charge in [-0.1, -0.05) is 6.07 Å². The number of carboxylic acids is 1. The van der Waals surface area contributed by atoms with Gasteiger partial charge in [-0.05, 0) is 47.2 Å². The number of hydrogen-bond donors (Lipinski definition) is 2. The molecule has 88 valence electrons. The molecule has 0 heterocycles. The van der Waals surface area contributed by atoms with E-state index in [4.69, 9.17) is 15.6 Å². The molecule has 3 N–H and O–H groups in total. The molecule has 1 rings (SSSR count). The standard InChI is InChI=1S/C11H14INO3/c1-11(13,10(14)15)6-7-3-4-9(16-2)8(12)5-7/h3-5H,6,13H2,1-2H3,(H,14,15)/t11-/m0/s1. The zero-order chi connectivity index (χ0) is 12.3. The van der Waals surface area contributed by atoms with Gasteiger partial charge in [0.2, 0.25) is 0 Å². The Balaban J connectivity index is 2.91. The maximum Gasteiger partial charge on any atom is 0.323 e. The number of nitrogens with two attached hydrogens (primary N) is 1. The van der Waals surface area contributed by atoms with Crippen LogP contribution in [-0.2, 0) is 11.2 Å². The summed E-state index contributed by atoms with van der Waals surface area (Å²) in [5.41, 5.74) is 5.33. The molecule has 1 aromatic carbocycles. The van der Waals surface area contributed by atoms with Crippen molar-refractivity contribution in [2.75, 3.05) is 7.11 Å². The van der Waals surface area contributed by atoms with Crippen molar-refractivity contribution < 1.29 is 14.6 Å². The minimum absolute atomic E-state index is 0.294. The summed E-state index contributed by atoms with van der Waals surface area (Å²) in [7, 11) is 1.60. The zero-order valence-electron chi connectivity index (χ0n) is 9.16. The van der Waals surface area contributed by atoms with Gasteiger partial charge in [-0.3, -0.25) is 4.79 Å². The van der Waals surface area contributed by atoms with Crippen molar-refractivity contribution in [3.8, 4) is 5.75 Å². The van der Waals surface area contributed by atoms with Gasteiger partial charge in [0.15, 0.2) is 0 Å². The van der Waals surface area contributed by atoms with Crippen molar-refractivity contribution in [1.29, 1.82) is 0 Å². The molecule has 5 heteroatoms. The minimum Gasteiger partial charge on any atom is -0.496 e. The molecule has 0 bridgehead atoms. The Bertz CT molecular complexity index is 404. The second kappa shape index (κ2) is 5.01. The van der Waals surface area contributed by atoms with Crippen LogP contribution < -0.4 is 10.5 Å². The first-order valence-corrected chi connectivity index (χ1v) is 5.79. The largest absolute Gasteiger partial charge is 0.496 e. The van der Waals surface area contributed by atoms with Gasteiger partial charge in [0, 0.05) is 6.42 Å². The SMILES string of the molecule is COc1ccc(C[C@](C)(N)C(=O)O)cc1I. The maximum atomic E-state index is 10.9. The predicted molar refractivity (Wildman–Crippen MR) is 69.6 cm³/mol. The Hall–Kier alpha value is -0.820. The van der Waals surface area contributed by atoms with E-state index in [1.165, 1.54) is 6.92 Å². The zero-order valence-corrected chi connectivity index (χ0v) is 11.3. The first-order chi connectivity index (χ1) is 7.36. The summed E-state index contributed by atoms with van der Waals surface area (Å²) in [6.07, 6.45) is 0.294. The van der Waals surface area contributed by atoms with Crippen LogP contribution in [0.15, 0.2) is 18.2 Å². The van der Waals surface area contributed by atoms with Crippen LogP contribution >= 0.6 is 22.6 Å². The average Bonchev–Trinajstić information content (AvgIpc) is 2.17. The van der Waals surface area contributed by atoms with Crippen LogP contribution in [0.3, 0.4) is 0 Å². The van der Waals surface area contributed by atoms with Crippen molar-refractivity contribution in [1.82, 2.24) is 0 Å². The number of halogens is 1. The number of carboxylic acid groups (broad SMARTS) is 1. The number of aliphatic carboxylic acids is 1. The third-order valence-electron chi connectivity index (χ3n) is 2.28. The fraction of sp³-hybridized carbons (Fsp3) is 0.364. The molecule has 0 saturated carbocycles. The van der Waals surface area contributed by atoms with E-state index in [1.54, 1.807) is 7.11 Å². The van der Waals surface area contributed by atoms with Gasteiger partial charge in [0.1, 0.15) is 11.3 Å². The molecule has 0 aliphatic heterocycles. The van der Waals surface area contributed by atoms with Gasteiger partial charge >= 0.3 is 5.97 Å². The van der Waals surface area contributed by atoms with Crippen LogP contribution in [-0.4, -0.2) is 23.7 Å². The van der Waals surface area contributed by atoms with E-state index >= 15 is 0 Å². The van der Waals surface area contributed by atoms with Gasteiger partial charge in [-0.25, -0.2) is 0 Å². The van der Waals surface area contributed by atoms with Crippen molar-refractivity contribution in [3.05, 3.63) is 27.3 Å². The summed E-state index contributed by atoms with van der Waals surface area (Å²) in [6.45, 7) is 1.51. The molecule has 0 aliphatic carbocycles. The Morgan fingerprint density at radius 1 is 1.62 bits per heavy atom. The fourth-order valence-electron chi connectivity index (χ4n) is 1.32. The van der Waals surface area contributed by atoms with Crippen LogP contribution in [0.25, 0.3) is 0 Å². The Morgan fingerprint density at radius 2 is 2.25 bits per heavy atom. The van der Waals surface area contributed by atoms with E-state index in [0.29, 0.717) is 6.42 Å². The van der Waals surface area contributed by atoms with Crippen molar-refractivity contribution >= 4 is 28.6 Å². The molecule has 4 nitrogen and oxygen atoms in total. The molecule has 0 unspecified atom stereocenters. The molecular formula is C11H14INO3. The molecular weight excluding hydrogens is 321 g/mol. The van der Waals surface area contributed by atoms with Crippen LogP contribution in [0.1, 0.15) is 12.5 Å². The molecule has 0 aliphatic rings. The van der Waals surface area contributed by atoms with Crippen LogP contribution in [0.4, 0.5) is 0 Å². The molecule has 0 aromatic heterocycles. The highest BCUT2D eigenvalue weighted by Gasteiger charge is 2.28. The number of benzene rings is 1. The van der Waals surface area contributed by atoms with Crippen LogP contribution in [0.5, 0.6) is 5.75 Å². The smallest absolute Gasteiger partial charge is 0.323 e. The molecule has 16 heavy (non-hydrogen) atoms. The lowest BCUT2D eigenvalue weighted by Gasteiger charge is -2.19. The summed E-state index contributed by atoms with van der Waals surface area (Å²) in [5, 5.41) is 8.92. The van der Waals surface area contributed by atoms with E-state index < -0.39 is 11.5 Å². The molecule has 0 radical (unpaired) electrons. The fourth-order valence-corrected chi connectivity index (χ4v) is 2.12. The highest BCUT2D eigenvalue weighted by molar-refractivity contribution is 14.1. The van der Waals surface area contributed by atoms with E-state index in [2.05, 4.69) is 22.6 Å². The number of hydrogen-bond acceptors (Lipinski definition) is 3. The third-order valence-corrected chi connectivity index (χ3v) is 3.12. The number of methoxy groups -OCH3 is 1. The van der Waals surface area contributed by atoms with Crippen LogP contribution in [0, 0.1) is 3.57 Å². The maximum absolute atomic E-state index is 10.9. The van der Waals surface area contributed by atoms with Crippen molar-refractivity contribution in [2.45, 2.75) is 18.9 Å². The lowest BCUT2D eigenvalue weighted by atomic mass is 9.94. The first-order valence-electron chi connectivity index (χ1n) is 4.71. The summed E-state index contributed by atoms with van der Waals surface area (Å²) >= 11 is 2.14. The Labute approximate surface area is 108 Å². The minimum atomic E-state index is -1.24. The topological polar surface area (TPSA) is 72.5 Å². The normalized spacial score (nSPS) is 14.2. The summed E-state index contributed by atoms with van der Waals surface area (Å²) < 4.78 is 6.07. The van der Waals surface area contributed by atoms with Gasteiger partial charge < -0.3 is 15.6 Å².